The summed E-state index contributed by atoms with van der Waals surface area (Å²) in [6.45, 7) is 2.51. The molecule has 2 N–H and O–H groups in total. The molecule has 0 saturated heterocycles. The number of hydrogen-bond acceptors (Lipinski definition) is 4. The van der Waals surface area contributed by atoms with E-state index in [2.05, 4.69) is 22.4 Å². The highest BCUT2D eigenvalue weighted by atomic mass is 35.5. The maximum absolute atomic E-state index is 12.4. The van der Waals surface area contributed by atoms with E-state index in [-0.39, 0.29) is 23.7 Å². The first kappa shape index (κ1) is 21.7. The molecule has 2 aromatic heterocycles. The Kier molecular flexibility index (Phi) is 7.42. The highest BCUT2D eigenvalue weighted by Crippen LogP contribution is 2.13. The number of methoxy groups -OCH3 is 1. The van der Waals surface area contributed by atoms with E-state index >= 15 is 0 Å². The average Bonchev–Trinajstić information content (AvgIpc) is 3.11. The van der Waals surface area contributed by atoms with E-state index in [0.717, 1.165) is 36.2 Å². The molecule has 0 radical (unpaired) electrons. The average molecular weight is 408 g/mol. The van der Waals surface area contributed by atoms with Gasteiger partial charge in [0, 0.05) is 20.5 Å². The fourth-order valence-electron chi connectivity index (χ4n) is 3.22. The Hall–Kier alpha value is -2.58. The molecule has 0 aliphatic rings. The Balaban J connectivity index is 0.00000280. The van der Waals surface area contributed by atoms with Crippen molar-refractivity contribution in [1.29, 1.82) is 0 Å². The molecule has 0 amide bonds. The quantitative estimate of drug-likeness (QED) is 0.395. The first-order chi connectivity index (χ1) is 13.0. The van der Waals surface area contributed by atoms with E-state index in [1.54, 1.807) is 20.5 Å². The first-order valence-electron chi connectivity index (χ1n) is 9.08. The molecule has 0 unspecified atom stereocenters. The van der Waals surface area contributed by atoms with Crippen molar-refractivity contribution < 1.29 is 22.5 Å². The van der Waals surface area contributed by atoms with Gasteiger partial charge in [0.05, 0.1) is 33.1 Å². The summed E-state index contributed by atoms with van der Waals surface area (Å²) in [5.41, 5.74) is 1.52. The van der Waals surface area contributed by atoms with Crippen LogP contribution in [0.1, 0.15) is 12.0 Å². The van der Waals surface area contributed by atoms with Gasteiger partial charge >= 0.3 is 5.69 Å². The van der Waals surface area contributed by atoms with Crippen molar-refractivity contribution in [2.75, 3.05) is 20.2 Å². The van der Waals surface area contributed by atoms with Crippen LogP contribution in [0.4, 0.5) is 0 Å². The molecule has 2 heterocycles. The zero-order chi connectivity index (χ0) is 19.4. The molecule has 3 rings (SSSR count). The minimum atomic E-state index is -0.359. The summed E-state index contributed by atoms with van der Waals surface area (Å²) in [6, 6.07) is 8.14. The third kappa shape index (κ3) is 4.45. The number of nitrogens with two attached hydrogens (primary N) is 1. The van der Waals surface area contributed by atoms with E-state index in [1.807, 2.05) is 16.7 Å². The third-order valence-electron chi connectivity index (χ3n) is 4.80. The smallest absolute Gasteiger partial charge is 0.332 e. The van der Waals surface area contributed by atoms with Gasteiger partial charge in [0.15, 0.2) is 11.2 Å². The zero-order valence-electron chi connectivity index (χ0n) is 16.4. The SMILES string of the molecule is COc1cccc(CCC[NH2+]CCn2cnc3c2c(=O)n(C)c(=O)n3C)c1.[Cl-]. The standard InChI is InChI=1S/C19H25N5O3.ClH/c1-22-17-16(18(25)23(2)19(22)26)24(13-21-17)11-10-20-9-5-7-14-6-4-8-15(12-14)27-3;/h4,6,8,12-13,20H,5,7,9-11H2,1-3H3;1H. The van der Waals surface area contributed by atoms with Crippen LogP contribution in [0.25, 0.3) is 11.2 Å². The summed E-state index contributed by atoms with van der Waals surface area (Å²) in [7, 11) is 4.80. The van der Waals surface area contributed by atoms with Crippen LogP contribution in [0, 0.1) is 0 Å². The maximum atomic E-state index is 12.4. The number of fused-ring (bicyclic) bond motifs is 1. The maximum Gasteiger partial charge on any atom is 0.332 e. The normalized spacial score (nSPS) is 10.8. The highest BCUT2D eigenvalue weighted by Gasteiger charge is 2.14. The van der Waals surface area contributed by atoms with Gasteiger partial charge in [-0.15, -0.1) is 0 Å². The lowest BCUT2D eigenvalue weighted by Gasteiger charge is -2.07. The second-order valence-electron chi connectivity index (χ2n) is 6.64. The number of ether oxygens (including phenoxy) is 1. The van der Waals surface area contributed by atoms with Crippen LogP contribution >= 0.6 is 0 Å². The van der Waals surface area contributed by atoms with Gasteiger partial charge in [-0.05, 0) is 24.1 Å². The lowest BCUT2D eigenvalue weighted by Crippen LogP contribution is -3.00. The summed E-state index contributed by atoms with van der Waals surface area (Å²) in [6.07, 6.45) is 3.70. The number of benzene rings is 1. The number of aryl methyl sites for hydroxylation is 2. The van der Waals surface area contributed by atoms with Crippen molar-refractivity contribution in [2.24, 2.45) is 14.1 Å². The number of aromatic nitrogens is 4. The minimum Gasteiger partial charge on any atom is -1.00 e. The van der Waals surface area contributed by atoms with Crippen molar-refractivity contribution in [3.8, 4) is 5.75 Å². The summed E-state index contributed by atoms with van der Waals surface area (Å²) in [5.74, 6) is 0.888. The first-order valence-corrected chi connectivity index (χ1v) is 9.08. The molecule has 0 bridgehead atoms. The molecule has 152 valence electrons. The van der Waals surface area contributed by atoms with Crippen LogP contribution in [0.3, 0.4) is 0 Å². The number of halogens is 1. The second kappa shape index (κ2) is 9.57. The molecule has 0 saturated carbocycles. The fourth-order valence-corrected chi connectivity index (χ4v) is 3.22. The number of nitrogens with zero attached hydrogens (tertiary/aromatic N) is 4. The number of hydrogen-bond donors (Lipinski definition) is 1. The van der Waals surface area contributed by atoms with Crippen LogP contribution in [-0.2, 0) is 27.1 Å². The Bertz CT molecular complexity index is 1050. The molecular weight excluding hydrogens is 382 g/mol. The van der Waals surface area contributed by atoms with E-state index in [4.69, 9.17) is 4.74 Å². The molecule has 9 heteroatoms. The Morgan fingerprint density at radius 2 is 1.93 bits per heavy atom. The third-order valence-corrected chi connectivity index (χ3v) is 4.80. The van der Waals surface area contributed by atoms with Gasteiger partial charge < -0.3 is 27.0 Å². The van der Waals surface area contributed by atoms with E-state index in [1.165, 1.54) is 17.2 Å². The van der Waals surface area contributed by atoms with Gasteiger partial charge in [-0.3, -0.25) is 13.9 Å². The van der Waals surface area contributed by atoms with Crippen LogP contribution in [0.5, 0.6) is 5.75 Å². The summed E-state index contributed by atoms with van der Waals surface area (Å²) >= 11 is 0. The highest BCUT2D eigenvalue weighted by molar-refractivity contribution is 5.69. The predicted molar refractivity (Wildman–Crippen MR) is 103 cm³/mol. The zero-order valence-corrected chi connectivity index (χ0v) is 17.1. The molecule has 8 nitrogen and oxygen atoms in total. The van der Waals surface area contributed by atoms with Gasteiger partial charge in [-0.25, -0.2) is 9.78 Å². The fraction of sp³-hybridized carbons (Fsp3) is 0.421. The lowest BCUT2D eigenvalue weighted by molar-refractivity contribution is -0.655. The summed E-state index contributed by atoms with van der Waals surface area (Å²) < 4.78 is 9.61. The van der Waals surface area contributed by atoms with Crippen LogP contribution in [0.2, 0.25) is 0 Å². The van der Waals surface area contributed by atoms with Gasteiger partial charge in [0.25, 0.3) is 5.56 Å². The van der Waals surface area contributed by atoms with E-state index in [9.17, 15) is 9.59 Å². The molecule has 0 atom stereocenters. The molecular formula is C19H26ClN5O3. The Morgan fingerprint density at radius 3 is 2.68 bits per heavy atom. The molecule has 0 aliphatic carbocycles. The predicted octanol–water partition coefficient (Wildman–Crippen LogP) is -3.36. The monoisotopic (exact) mass is 407 g/mol. The van der Waals surface area contributed by atoms with Crippen molar-refractivity contribution in [2.45, 2.75) is 19.4 Å². The Labute approximate surface area is 169 Å². The Morgan fingerprint density at radius 1 is 1.14 bits per heavy atom. The number of quaternary nitrogens is 1. The molecule has 3 aromatic rings. The van der Waals surface area contributed by atoms with Crippen LogP contribution < -0.4 is 33.7 Å². The number of imidazole rings is 1. The van der Waals surface area contributed by atoms with Crippen molar-refractivity contribution in [3.05, 3.63) is 57.0 Å². The van der Waals surface area contributed by atoms with Gasteiger partial charge in [-0.1, -0.05) is 12.1 Å². The molecule has 0 aliphatic heterocycles. The van der Waals surface area contributed by atoms with Crippen LogP contribution in [-0.4, -0.2) is 38.9 Å². The minimum absolute atomic E-state index is 0. The van der Waals surface area contributed by atoms with Gasteiger partial charge in [-0.2, -0.15) is 0 Å². The molecule has 28 heavy (non-hydrogen) atoms. The van der Waals surface area contributed by atoms with Crippen LogP contribution in [0.15, 0.2) is 40.2 Å². The topological polar surface area (TPSA) is 87.7 Å². The van der Waals surface area contributed by atoms with Gasteiger partial charge in [0.1, 0.15) is 5.75 Å². The largest absolute Gasteiger partial charge is 1.00 e. The van der Waals surface area contributed by atoms with Crippen molar-refractivity contribution >= 4 is 11.2 Å². The van der Waals surface area contributed by atoms with E-state index < -0.39 is 0 Å². The summed E-state index contributed by atoms with van der Waals surface area (Å²) in [5, 5.41) is 2.23. The summed E-state index contributed by atoms with van der Waals surface area (Å²) in [4.78, 5) is 28.6. The molecule has 0 fully saturated rings. The van der Waals surface area contributed by atoms with Crippen molar-refractivity contribution in [3.63, 3.8) is 0 Å². The molecule has 0 spiro atoms. The van der Waals surface area contributed by atoms with Gasteiger partial charge in [0.2, 0.25) is 0 Å². The molecule has 1 aromatic carbocycles. The second-order valence-corrected chi connectivity index (χ2v) is 6.64. The number of rotatable bonds is 8. The lowest BCUT2D eigenvalue weighted by atomic mass is 10.1. The van der Waals surface area contributed by atoms with Crippen molar-refractivity contribution in [1.82, 2.24) is 18.7 Å². The van der Waals surface area contributed by atoms with E-state index in [0.29, 0.717) is 17.7 Å².